The molecule has 3 aromatic rings. The Kier molecular flexibility index (Phi) is 4.64. The Bertz CT molecular complexity index is 1080. The van der Waals surface area contributed by atoms with E-state index in [4.69, 9.17) is 10.7 Å². The van der Waals surface area contributed by atoms with Crippen molar-refractivity contribution in [3.05, 3.63) is 48.2 Å². The van der Waals surface area contributed by atoms with E-state index in [1.807, 2.05) is 12.3 Å². The zero-order chi connectivity index (χ0) is 19.8. The van der Waals surface area contributed by atoms with Crippen molar-refractivity contribution < 1.29 is 0 Å². The number of aliphatic imine (C=N–C) groups is 1. The van der Waals surface area contributed by atoms with Crippen LogP contribution in [0.1, 0.15) is 18.9 Å². The maximum absolute atomic E-state index is 5.89. The van der Waals surface area contributed by atoms with Crippen LogP contribution in [-0.2, 0) is 6.42 Å². The van der Waals surface area contributed by atoms with Crippen molar-refractivity contribution in [1.82, 2.24) is 14.9 Å². The summed E-state index contributed by atoms with van der Waals surface area (Å²) in [6, 6.07) is 12.6. The highest BCUT2D eigenvalue weighted by molar-refractivity contribution is 5.92. The van der Waals surface area contributed by atoms with Gasteiger partial charge in [0.1, 0.15) is 11.7 Å². The average Bonchev–Trinajstić information content (AvgIpc) is 3.13. The number of fused-ring (bicyclic) bond motifs is 2. The van der Waals surface area contributed by atoms with Crippen molar-refractivity contribution in [1.29, 1.82) is 0 Å². The van der Waals surface area contributed by atoms with Crippen molar-refractivity contribution in [3.63, 3.8) is 0 Å². The number of benzene rings is 2. The highest BCUT2D eigenvalue weighted by Crippen LogP contribution is 2.32. The summed E-state index contributed by atoms with van der Waals surface area (Å²) in [5.41, 5.74) is 12.2. The molecule has 1 fully saturated rings. The van der Waals surface area contributed by atoms with Crippen molar-refractivity contribution >= 4 is 28.4 Å². The molecular weight excluding hydrogens is 360 g/mol. The lowest BCUT2D eigenvalue weighted by atomic mass is 10.0. The molecule has 2 aliphatic rings. The fourth-order valence-corrected chi connectivity index (χ4v) is 4.24. The lowest BCUT2D eigenvalue weighted by molar-refractivity contribution is 0.258. The van der Waals surface area contributed by atoms with E-state index in [-0.39, 0.29) is 0 Å². The molecule has 0 saturated carbocycles. The predicted octanol–water partition coefficient (Wildman–Crippen LogP) is 3.37. The van der Waals surface area contributed by atoms with E-state index in [0.29, 0.717) is 5.84 Å². The predicted molar refractivity (Wildman–Crippen MR) is 119 cm³/mol. The highest BCUT2D eigenvalue weighted by Gasteiger charge is 2.18. The summed E-state index contributed by atoms with van der Waals surface area (Å²) in [6.07, 6.45) is 3.86. The first-order chi connectivity index (χ1) is 14.2. The zero-order valence-electron chi connectivity index (χ0n) is 16.8. The molecule has 1 saturated heterocycles. The number of anilines is 1. The minimum absolute atomic E-state index is 0.685. The summed E-state index contributed by atoms with van der Waals surface area (Å²) in [5.74, 6) is 1.65. The van der Waals surface area contributed by atoms with Crippen LogP contribution in [0.2, 0.25) is 0 Å². The van der Waals surface area contributed by atoms with Gasteiger partial charge in [0.25, 0.3) is 0 Å². The largest absolute Gasteiger partial charge is 0.387 e. The first-order valence-corrected chi connectivity index (χ1v) is 10.4. The number of rotatable bonds is 4. The summed E-state index contributed by atoms with van der Waals surface area (Å²) in [6.45, 7) is 7.60. The summed E-state index contributed by atoms with van der Waals surface area (Å²) < 4.78 is 0. The van der Waals surface area contributed by atoms with E-state index < -0.39 is 0 Å². The molecular formula is C23H26N6. The Hall–Kier alpha value is -2.99. The minimum Gasteiger partial charge on any atom is -0.387 e. The van der Waals surface area contributed by atoms with Gasteiger partial charge in [-0.25, -0.2) is 9.98 Å². The van der Waals surface area contributed by atoms with Gasteiger partial charge in [-0.05, 0) is 47.9 Å². The van der Waals surface area contributed by atoms with Crippen LogP contribution in [0.15, 0.2) is 47.6 Å². The average molecular weight is 387 g/mol. The molecule has 2 N–H and O–H groups in total. The molecule has 6 heteroatoms. The molecule has 6 nitrogen and oxygen atoms in total. The second-order valence-corrected chi connectivity index (χ2v) is 7.88. The quantitative estimate of drug-likeness (QED) is 0.744. The van der Waals surface area contributed by atoms with E-state index in [2.05, 4.69) is 57.0 Å². The number of nitrogens with two attached hydrogens (primary N) is 1. The van der Waals surface area contributed by atoms with E-state index in [1.165, 1.54) is 18.5 Å². The van der Waals surface area contributed by atoms with Crippen molar-refractivity contribution in [2.45, 2.75) is 19.8 Å². The monoisotopic (exact) mass is 386 g/mol. The van der Waals surface area contributed by atoms with Crippen LogP contribution < -0.4 is 10.6 Å². The van der Waals surface area contributed by atoms with E-state index in [9.17, 15) is 0 Å². The van der Waals surface area contributed by atoms with Crippen LogP contribution in [0.25, 0.3) is 22.2 Å². The van der Waals surface area contributed by atoms with Crippen LogP contribution in [0.3, 0.4) is 0 Å². The van der Waals surface area contributed by atoms with Crippen LogP contribution in [0.5, 0.6) is 0 Å². The highest BCUT2D eigenvalue weighted by atomic mass is 15.3. The molecule has 0 radical (unpaired) electrons. The van der Waals surface area contributed by atoms with Gasteiger partial charge in [-0.1, -0.05) is 25.1 Å². The summed E-state index contributed by atoms with van der Waals surface area (Å²) in [7, 11) is 0. The van der Waals surface area contributed by atoms with Gasteiger partial charge >= 0.3 is 0 Å². The van der Waals surface area contributed by atoms with E-state index in [1.54, 1.807) is 0 Å². The summed E-state index contributed by atoms with van der Waals surface area (Å²) >= 11 is 0. The van der Waals surface area contributed by atoms with Gasteiger partial charge in [-0.15, -0.1) is 0 Å². The maximum Gasteiger partial charge on any atom is 0.147 e. The van der Waals surface area contributed by atoms with Gasteiger partial charge in [-0.2, -0.15) is 0 Å². The van der Waals surface area contributed by atoms with E-state index >= 15 is 0 Å². The van der Waals surface area contributed by atoms with Crippen molar-refractivity contribution in [2.24, 2.45) is 10.7 Å². The molecule has 29 heavy (non-hydrogen) atoms. The van der Waals surface area contributed by atoms with Crippen molar-refractivity contribution in [2.75, 3.05) is 37.6 Å². The van der Waals surface area contributed by atoms with Crippen LogP contribution in [-0.4, -0.2) is 53.4 Å². The molecule has 2 aromatic carbocycles. The molecule has 0 bridgehead atoms. The third-order valence-corrected chi connectivity index (χ3v) is 5.82. The number of nitrogens with zero attached hydrogens (tertiary/aromatic N) is 5. The number of piperazine rings is 1. The Labute approximate surface area is 171 Å². The van der Waals surface area contributed by atoms with Crippen LogP contribution in [0.4, 0.5) is 11.5 Å². The number of amidine groups is 1. The number of aromatic nitrogens is 2. The second kappa shape index (κ2) is 7.44. The molecule has 5 rings (SSSR count). The fraction of sp³-hybridized carbons (Fsp3) is 0.348. The zero-order valence-corrected chi connectivity index (χ0v) is 16.8. The van der Waals surface area contributed by atoms with Gasteiger partial charge in [0, 0.05) is 32.6 Å². The third kappa shape index (κ3) is 3.56. The van der Waals surface area contributed by atoms with Crippen molar-refractivity contribution in [3.8, 4) is 11.1 Å². The maximum atomic E-state index is 5.89. The fourth-order valence-electron chi connectivity index (χ4n) is 4.24. The standard InChI is InChI=1S/C23H26N6/c1-2-7-28-8-10-29(11-9-28)23-15-25-19-6-5-17(13-21(19)27-23)16-3-4-18-14-22(24)26-20(18)12-16/h3-6,12-13,15H,2,7-11,14H2,1H3,(H2,24,26). The molecule has 2 aliphatic heterocycles. The van der Waals surface area contributed by atoms with Gasteiger partial charge in [0.2, 0.25) is 0 Å². The Morgan fingerprint density at radius 3 is 2.59 bits per heavy atom. The molecule has 0 atom stereocenters. The Morgan fingerprint density at radius 2 is 1.76 bits per heavy atom. The van der Waals surface area contributed by atoms with Gasteiger partial charge in [0.15, 0.2) is 0 Å². The SMILES string of the molecule is CCCN1CCN(c2cnc3ccc(-c4ccc5c(c4)N=C(N)C5)cc3n2)CC1. The second-order valence-electron chi connectivity index (χ2n) is 7.88. The molecule has 0 unspecified atom stereocenters. The first-order valence-electron chi connectivity index (χ1n) is 10.4. The molecule has 0 amide bonds. The summed E-state index contributed by atoms with van der Waals surface area (Å²) in [5, 5.41) is 0. The van der Waals surface area contributed by atoms with E-state index in [0.717, 1.165) is 66.3 Å². The normalized spacial score (nSPS) is 16.9. The molecule has 0 spiro atoms. The van der Waals surface area contributed by atoms with Crippen LogP contribution >= 0.6 is 0 Å². The number of hydrogen-bond acceptors (Lipinski definition) is 6. The lowest BCUT2D eigenvalue weighted by Crippen LogP contribution is -2.46. The summed E-state index contributed by atoms with van der Waals surface area (Å²) in [4.78, 5) is 18.9. The lowest BCUT2D eigenvalue weighted by Gasteiger charge is -2.35. The topological polar surface area (TPSA) is 70.6 Å². The molecule has 3 heterocycles. The van der Waals surface area contributed by atoms with Gasteiger partial charge in [-0.3, -0.25) is 9.88 Å². The molecule has 148 valence electrons. The first kappa shape index (κ1) is 18.1. The Morgan fingerprint density at radius 1 is 0.966 bits per heavy atom. The van der Waals surface area contributed by atoms with Crippen LogP contribution in [0, 0.1) is 0 Å². The molecule has 1 aromatic heterocycles. The Balaban J connectivity index is 1.42. The smallest absolute Gasteiger partial charge is 0.147 e. The number of hydrogen-bond donors (Lipinski definition) is 1. The van der Waals surface area contributed by atoms with Gasteiger partial charge in [0.05, 0.1) is 22.9 Å². The molecule has 0 aliphatic carbocycles. The minimum atomic E-state index is 0.685. The van der Waals surface area contributed by atoms with Gasteiger partial charge < -0.3 is 10.6 Å². The third-order valence-electron chi connectivity index (χ3n) is 5.82.